The normalized spacial score (nSPS) is 20.4. The molecule has 3 aromatic rings. The second-order valence-corrected chi connectivity index (χ2v) is 10.4. The number of halogens is 1. The van der Waals surface area contributed by atoms with Crippen LogP contribution in [0.1, 0.15) is 23.9 Å². The zero-order chi connectivity index (χ0) is 26.6. The summed E-state index contributed by atoms with van der Waals surface area (Å²) in [5.74, 6) is -0.470. The van der Waals surface area contributed by atoms with Gasteiger partial charge in [0, 0.05) is 29.6 Å². The van der Waals surface area contributed by atoms with Crippen molar-refractivity contribution in [1.82, 2.24) is 13.9 Å². The number of ketones is 2. The topological polar surface area (TPSA) is 113 Å². The first-order valence-electron chi connectivity index (χ1n) is 12.1. The van der Waals surface area contributed by atoms with E-state index in [1.807, 2.05) is 46.9 Å². The number of allylic oxidation sites excluding steroid dienone is 6. The van der Waals surface area contributed by atoms with Gasteiger partial charge in [-0.05, 0) is 58.0 Å². The number of benzene rings is 2. The lowest BCUT2D eigenvalue weighted by Crippen LogP contribution is -2.40. The van der Waals surface area contributed by atoms with E-state index in [1.165, 1.54) is 15.4 Å². The van der Waals surface area contributed by atoms with Gasteiger partial charge in [0.15, 0.2) is 11.6 Å². The van der Waals surface area contributed by atoms with Crippen LogP contribution in [-0.4, -0.2) is 43.8 Å². The Morgan fingerprint density at radius 3 is 2.42 bits per heavy atom. The van der Waals surface area contributed by atoms with Crippen molar-refractivity contribution in [2.24, 2.45) is 0 Å². The highest BCUT2D eigenvalue weighted by Crippen LogP contribution is 2.50. The quantitative estimate of drug-likeness (QED) is 0.266. The Bertz CT molecular complexity index is 1690. The molecule has 0 spiro atoms. The predicted octanol–water partition coefficient (Wildman–Crippen LogP) is 2.61. The number of ether oxygens (including phenoxy) is 1. The molecule has 2 atom stereocenters. The second-order valence-electron chi connectivity index (χ2n) is 9.24. The number of hydrogen-bond acceptors (Lipinski definition) is 6. The van der Waals surface area contributed by atoms with Crippen molar-refractivity contribution < 1.29 is 19.4 Å². The Morgan fingerprint density at radius 2 is 1.71 bits per heavy atom. The first-order valence-corrected chi connectivity index (χ1v) is 13.2. The molecule has 1 N–H and O–H groups in total. The molecule has 6 rings (SSSR count). The third kappa shape index (κ3) is 3.78. The first kappa shape index (κ1) is 24.6. The third-order valence-electron chi connectivity index (χ3n) is 7.19. The van der Waals surface area contributed by atoms with Gasteiger partial charge in [-0.3, -0.25) is 9.59 Å². The number of Topliss-reactive ketones (excluding diaryl/α,β-unsaturated/α-hetero) is 1. The zero-order valence-electron chi connectivity index (χ0n) is 20.0. The molecule has 1 aliphatic heterocycles. The monoisotopic (exact) mass is 623 g/mol. The molecule has 38 heavy (non-hydrogen) atoms. The van der Waals surface area contributed by atoms with Gasteiger partial charge >= 0.3 is 11.4 Å². The molecule has 1 aromatic heterocycles. The van der Waals surface area contributed by atoms with Gasteiger partial charge in [-0.15, -0.1) is 0 Å². The number of carbonyl (C=O) groups is 2. The Kier molecular flexibility index (Phi) is 6.15. The summed E-state index contributed by atoms with van der Waals surface area (Å²) >= 11 is 1.89. The highest BCUT2D eigenvalue weighted by atomic mass is 127. The third-order valence-corrected chi connectivity index (χ3v) is 7.99. The van der Waals surface area contributed by atoms with Crippen LogP contribution in [0.5, 0.6) is 5.75 Å². The summed E-state index contributed by atoms with van der Waals surface area (Å²) in [6.07, 6.45) is 3.38. The van der Waals surface area contributed by atoms with Crippen LogP contribution in [0.15, 0.2) is 96.6 Å². The Morgan fingerprint density at radius 1 is 0.974 bits per heavy atom. The first-order chi connectivity index (χ1) is 18.4. The summed E-state index contributed by atoms with van der Waals surface area (Å²) in [5, 5.41) is 9.05. The number of hydrogen-bond donors (Lipinski definition) is 1. The maximum absolute atomic E-state index is 13.7. The number of nitrogens with zero attached hydrogens (tertiary/aromatic N) is 3. The minimum absolute atomic E-state index is 0.115. The molecule has 2 aliphatic carbocycles. The van der Waals surface area contributed by atoms with E-state index >= 15 is 0 Å². The van der Waals surface area contributed by atoms with Gasteiger partial charge in [-0.1, -0.05) is 36.4 Å². The van der Waals surface area contributed by atoms with Crippen LogP contribution >= 0.6 is 22.6 Å². The Balaban J connectivity index is 1.52. The van der Waals surface area contributed by atoms with Crippen LogP contribution < -0.4 is 16.1 Å². The molecule has 192 valence electrons. The van der Waals surface area contributed by atoms with Crippen molar-refractivity contribution in [1.29, 1.82) is 0 Å². The second kappa shape index (κ2) is 9.52. The average molecular weight is 623 g/mol. The van der Waals surface area contributed by atoms with Crippen LogP contribution in [-0.2, 0) is 16.1 Å². The van der Waals surface area contributed by atoms with E-state index in [-0.39, 0.29) is 37.7 Å². The van der Waals surface area contributed by atoms with Crippen molar-refractivity contribution in [3.8, 4) is 11.4 Å². The van der Waals surface area contributed by atoms with E-state index in [4.69, 9.17) is 9.84 Å². The molecule has 0 radical (unpaired) electrons. The maximum atomic E-state index is 13.7. The van der Waals surface area contributed by atoms with Gasteiger partial charge in [-0.2, -0.15) is 0 Å². The predicted molar refractivity (Wildman–Crippen MR) is 147 cm³/mol. The standard InChI is InChI=1S/C28H22IN3O6/c29-21-15-23(34)20-14-22-19(24(25(20)26(21)35)16-6-8-18(9-7-16)38-13-12-33)10-11-30-27(36)31(28(37)32(22)30)17-4-2-1-3-5-17/h1-10,15,22,24,33H,11-14H2. The molecule has 0 bridgehead atoms. The molecular weight excluding hydrogens is 601 g/mol. The number of fused-ring (bicyclic) bond motifs is 3. The number of aliphatic hydroxyl groups is 1. The molecule has 9 nitrogen and oxygen atoms in total. The summed E-state index contributed by atoms with van der Waals surface area (Å²) in [7, 11) is 0. The van der Waals surface area contributed by atoms with Gasteiger partial charge in [0.2, 0.25) is 0 Å². The Hall–Kier alpha value is -3.77. The van der Waals surface area contributed by atoms with Crippen molar-refractivity contribution in [3.05, 3.63) is 114 Å². The van der Waals surface area contributed by atoms with Crippen LogP contribution in [0.25, 0.3) is 5.69 Å². The van der Waals surface area contributed by atoms with E-state index < -0.39 is 23.3 Å². The van der Waals surface area contributed by atoms with E-state index in [1.54, 1.807) is 36.4 Å². The van der Waals surface area contributed by atoms with Crippen molar-refractivity contribution in [3.63, 3.8) is 0 Å². The van der Waals surface area contributed by atoms with Crippen molar-refractivity contribution in [2.45, 2.75) is 24.9 Å². The van der Waals surface area contributed by atoms with Gasteiger partial charge < -0.3 is 9.84 Å². The van der Waals surface area contributed by atoms with E-state index in [0.29, 0.717) is 26.2 Å². The van der Waals surface area contributed by atoms with Crippen molar-refractivity contribution in [2.75, 3.05) is 13.2 Å². The zero-order valence-corrected chi connectivity index (χ0v) is 22.2. The van der Waals surface area contributed by atoms with Crippen LogP contribution in [0.3, 0.4) is 0 Å². The molecule has 2 unspecified atom stereocenters. The van der Waals surface area contributed by atoms with Gasteiger partial charge in [-0.25, -0.2) is 23.5 Å². The van der Waals surface area contributed by atoms with Crippen LogP contribution in [0.2, 0.25) is 0 Å². The summed E-state index contributed by atoms with van der Waals surface area (Å²) < 4.78 is 9.80. The lowest BCUT2D eigenvalue weighted by molar-refractivity contribution is -0.115. The van der Waals surface area contributed by atoms with E-state index in [0.717, 1.165) is 15.7 Å². The molecule has 2 aromatic carbocycles. The van der Waals surface area contributed by atoms with E-state index in [2.05, 4.69) is 0 Å². The number of rotatable bonds is 5. The summed E-state index contributed by atoms with van der Waals surface area (Å²) in [6.45, 7) is 0.196. The number of carbonyl (C=O) groups excluding carboxylic acids is 2. The molecule has 10 heteroatoms. The largest absolute Gasteiger partial charge is 0.491 e. The fraction of sp³-hybridized carbons (Fsp3) is 0.214. The molecule has 2 heterocycles. The molecule has 0 saturated heterocycles. The van der Waals surface area contributed by atoms with Gasteiger partial charge in [0.05, 0.1) is 28.5 Å². The Labute approximate surface area is 230 Å². The SMILES string of the molecule is O=C1C=C(I)C(=O)C2=C1CC1C(=CCn3c(=O)n(-c4ccccc4)c(=O)n31)C2c1ccc(OCCO)cc1. The van der Waals surface area contributed by atoms with Gasteiger partial charge in [0.25, 0.3) is 0 Å². The van der Waals surface area contributed by atoms with Gasteiger partial charge in [0.1, 0.15) is 12.4 Å². The van der Waals surface area contributed by atoms with Crippen LogP contribution in [0.4, 0.5) is 0 Å². The van der Waals surface area contributed by atoms with Crippen LogP contribution in [0, 0.1) is 0 Å². The summed E-state index contributed by atoms with van der Waals surface area (Å²) in [6, 6.07) is 15.3. The average Bonchev–Trinajstić information content (AvgIpc) is 3.20. The molecule has 0 fully saturated rings. The minimum atomic E-state index is -0.608. The summed E-state index contributed by atoms with van der Waals surface area (Å²) in [4.78, 5) is 53.6. The summed E-state index contributed by atoms with van der Waals surface area (Å²) in [5.41, 5.74) is 1.86. The highest BCUT2D eigenvalue weighted by Gasteiger charge is 2.45. The van der Waals surface area contributed by atoms with E-state index in [9.17, 15) is 19.2 Å². The molecule has 0 amide bonds. The lowest BCUT2D eigenvalue weighted by atomic mass is 9.69. The minimum Gasteiger partial charge on any atom is -0.491 e. The number of aliphatic hydroxyl groups excluding tert-OH is 1. The maximum Gasteiger partial charge on any atom is 0.352 e. The lowest BCUT2D eigenvalue weighted by Gasteiger charge is -2.39. The molecule has 3 aliphatic rings. The fourth-order valence-corrected chi connectivity index (χ4v) is 6.14. The fourth-order valence-electron chi connectivity index (χ4n) is 5.57. The smallest absolute Gasteiger partial charge is 0.352 e. The van der Waals surface area contributed by atoms with Crippen molar-refractivity contribution >= 4 is 34.2 Å². The molecular formula is C28H22IN3O6. The molecule has 0 saturated carbocycles. The number of para-hydroxylation sites is 1. The number of aromatic nitrogens is 3. The highest BCUT2D eigenvalue weighted by molar-refractivity contribution is 14.1.